The Hall–Kier alpha value is -0.930. The molecule has 0 aromatic heterocycles. The van der Waals surface area contributed by atoms with E-state index in [4.69, 9.17) is 4.74 Å². The van der Waals surface area contributed by atoms with Gasteiger partial charge in [-0.15, -0.1) is 0 Å². The first-order valence-corrected chi connectivity index (χ1v) is 7.06. The van der Waals surface area contributed by atoms with Gasteiger partial charge < -0.3 is 9.84 Å². The Bertz CT molecular complexity index is 425. The zero-order valence-electron chi connectivity index (χ0n) is 11.8. The first kappa shape index (κ1) is 14.5. The molecule has 1 aromatic carbocycles. The molecular formula is C16H23FO2. The van der Waals surface area contributed by atoms with Crippen LogP contribution in [0, 0.1) is 12.7 Å². The Morgan fingerprint density at radius 1 is 1.32 bits per heavy atom. The molecule has 3 heteroatoms. The molecular weight excluding hydrogens is 243 g/mol. The molecule has 1 N–H and O–H groups in total. The molecule has 1 aliphatic rings. The first-order valence-electron chi connectivity index (χ1n) is 7.06. The topological polar surface area (TPSA) is 29.5 Å². The van der Waals surface area contributed by atoms with Crippen LogP contribution >= 0.6 is 0 Å². The van der Waals surface area contributed by atoms with Gasteiger partial charge in [0.2, 0.25) is 0 Å². The fourth-order valence-electron chi connectivity index (χ4n) is 3.11. The van der Waals surface area contributed by atoms with E-state index >= 15 is 0 Å². The number of benzene rings is 1. The normalized spacial score (nSPS) is 20.2. The summed E-state index contributed by atoms with van der Waals surface area (Å²) >= 11 is 0. The highest BCUT2D eigenvalue weighted by atomic mass is 19.1. The monoisotopic (exact) mass is 266 g/mol. The van der Waals surface area contributed by atoms with Crippen molar-refractivity contribution in [2.75, 3.05) is 7.11 Å². The average Bonchev–Trinajstić information content (AvgIpc) is 2.42. The van der Waals surface area contributed by atoms with E-state index in [-0.39, 0.29) is 5.82 Å². The molecule has 1 saturated carbocycles. The molecule has 1 atom stereocenters. The summed E-state index contributed by atoms with van der Waals surface area (Å²) in [7, 11) is 1.69. The van der Waals surface area contributed by atoms with Crippen molar-refractivity contribution < 1.29 is 14.2 Å². The minimum Gasteiger partial charge on any atom is -0.390 e. The van der Waals surface area contributed by atoms with Crippen LogP contribution in [-0.4, -0.2) is 23.9 Å². The molecule has 1 aliphatic carbocycles. The maximum atomic E-state index is 13.1. The molecule has 1 fully saturated rings. The van der Waals surface area contributed by atoms with Gasteiger partial charge in [-0.25, -0.2) is 4.39 Å². The predicted molar refractivity (Wildman–Crippen MR) is 73.7 cm³/mol. The van der Waals surface area contributed by atoms with Crippen LogP contribution in [0.2, 0.25) is 0 Å². The average molecular weight is 266 g/mol. The Morgan fingerprint density at radius 2 is 2.00 bits per heavy atom. The summed E-state index contributed by atoms with van der Waals surface area (Å²) in [4.78, 5) is 0. The predicted octanol–water partition coefficient (Wildman–Crippen LogP) is 3.39. The quantitative estimate of drug-likeness (QED) is 0.905. The van der Waals surface area contributed by atoms with Crippen LogP contribution in [0.25, 0.3) is 0 Å². The first-order chi connectivity index (χ1) is 9.07. The molecule has 0 bridgehead atoms. The number of hydrogen-bond donors (Lipinski definition) is 1. The Balaban J connectivity index is 2.12. The highest BCUT2D eigenvalue weighted by molar-refractivity contribution is 5.27. The van der Waals surface area contributed by atoms with Gasteiger partial charge in [0, 0.05) is 13.5 Å². The minimum atomic E-state index is -0.526. The smallest absolute Gasteiger partial charge is 0.123 e. The fourth-order valence-corrected chi connectivity index (χ4v) is 3.11. The largest absolute Gasteiger partial charge is 0.390 e. The Labute approximate surface area is 114 Å². The number of methoxy groups -OCH3 is 1. The van der Waals surface area contributed by atoms with Gasteiger partial charge in [-0.05, 0) is 43.0 Å². The van der Waals surface area contributed by atoms with Crippen molar-refractivity contribution in [3.63, 3.8) is 0 Å². The summed E-state index contributed by atoms with van der Waals surface area (Å²) in [6.45, 7) is 1.88. The van der Waals surface area contributed by atoms with Crippen LogP contribution in [0.15, 0.2) is 18.2 Å². The van der Waals surface area contributed by atoms with E-state index in [0.717, 1.165) is 36.8 Å². The maximum Gasteiger partial charge on any atom is 0.123 e. The van der Waals surface area contributed by atoms with Crippen molar-refractivity contribution >= 4 is 0 Å². The van der Waals surface area contributed by atoms with Gasteiger partial charge in [-0.1, -0.05) is 25.3 Å². The highest BCUT2D eigenvalue weighted by Gasteiger charge is 2.39. The molecule has 0 amide bonds. The lowest BCUT2D eigenvalue weighted by Gasteiger charge is -2.40. The van der Waals surface area contributed by atoms with Gasteiger partial charge in [0.05, 0.1) is 11.7 Å². The third kappa shape index (κ3) is 3.15. The van der Waals surface area contributed by atoms with Crippen LogP contribution in [-0.2, 0) is 11.2 Å². The molecule has 0 spiro atoms. The second-order valence-corrected chi connectivity index (χ2v) is 5.62. The summed E-state index contributed by atoms with van der Waals surface area (Å²) < 4.78 is 18.7. The number of aliphatic hydroxyl groups is 1. The number of aryl methyl sites for hydroxylation is 1. The zero-order chi connectivity index (χ0) is 13.9. The molecule has 0 radical (unpaired) electrons. The van der Waals surface area contributed by atoms with Crippen LogP contribution in [0.5, 0.6) is 0 Å². The number of halogens is 1. The third-order valence-electron chi connectivity index (χ3n) is 4.43. The SMILES string of the molecule is COC1(C(O)Cc2ccc(F)cc2C)CCCCC1. The lowest BCUT2D eigenvalue weighted by atomic mass is 9.78. The second-order valence-electron chi connectivity index (χ2n) is 5.62. The second kappa shape index (κ2) is 6.02. The summed E-state index contributed by atoms with van der Waals surface area (Å²) in [6, 6.07) is 4.73. The van der Waals surface area contributed by atoms with E-state index < -0.39 is 11.7 Å². The fraction of sp³-hybridized carbons (Fsp3) is 0.625. The Morgan fingerprint density at radius 3 is 2.58 bits per heavy atom. The Kier molecular flexibility index (Phi) is 4.58. The molecule has 1 unspecified atom stereocenters. The van der Waals surface area contributed by atoms with Gasteiger partial charge in [0.15, 0.2) is 0 Å². The molecule has 19 heavy (non-hydrogen) atoms. The maximum absolute atomic E-state index is 13.1. The minimum absolute atomic E-state index is 0.227. The molecule has 0 saturated heterocycles. The van der Waals surface area contributed by atoms with E-state index in [1.54, 1.807) is 13.2 Å². The number of hydrogen-bond acceptors (Lipinski definition) is 2. The van der Waals surface area contributed by atoms with Crippen molar-refractivity contribution in [1.29, 1.82) is 0 Å². The van der Waals surface area contributed by atoms with Crippen molar-refractivity contribution in [1.82, 2.24) is 0 Å². The van der Waals surface area contributed by atoms with Crippen LogP contribution in [0.4, 0.5) is 4.39 Å². The summed E-state index contributed by atoms with van der Waals surface area (Å²) in [5.41, 5.74) is 1.47. The number of ether oxygens (including phenoxy) is 1. The lowest BCUT2D eigenvalue weighted by molar-refractivity contribution is -0.122. The number of aliphatic hydroxyl groups excluding tert-OH is 1. The number of rotatable bonds is 4. The van der Waals surface area contributed by atoms with Gasteiger partial charge >= 0.3 is 0 Å². The van der Waals surface area contributed by atoms with Gasteiger partial charge in [0.1, 0.15) is 5.82 Å². The third-order valence-corrected chi connectivity index (χ3v) is 4.43. The van der Waals surface area contributed by atoms with Gasteiger partial charge in [-0.2, -0.15) is 0 Å². The van der Waals surface area contributed by atoms with Crippen LogP contribution in [0.3, 0.4) is 0 Å². The standard InChI is InChI=1S/C16H23FO2/c1-12-10-14(17)7-6-13(12)11-15(18)16(19-2)8-4-3-5-9-16/h6-7,10,15,18H,3-5,8-9,11H2,1-2H3. The van der Waals surface area contributed by atoms with Crippen molar-refractivity contribution in [3.05, 3.63) is 35.1 Å². The van der Waals surface area contributed by atoms with E-state index in [2.05, 4.69) is 0 Å². The molecule has 2 nitrogen and oxygen atoms in total. The summed E-state index contributed by atoms with van der Waals surface area (Å²) in [6.07, 6.45) is 5.24. The summed E-state index contributed by atoms with van der Waals surface area (Å²) in [5.74, 6) is -0.227. The van der Waals surface area contributed by atoms with Crippen molar-refractivity contribution in [3.8, 4) is 0 Å². The summed E-state index contributed by atoms with van der Waals surface area (Å²) in [5, 5.41) is 10.6. The van der Waals surface area contributed by atoms with Crippen molar-refractivity contribution in [2.45, 2.75) is 57.2 Å². The van der Waals surface area contributed by atoms with Crippen LogP contribution < -0.4 is 0 Å². The molecule has 0 aliphatic heterocycles. The molecule has 106 valence electrons. The molecule has 0 heterocycles. The van der Waals surface area contributed by atoms with E-state index in [0.29, 0.717) is 6.42 Å². The van der Waals surface area contributed by atoms with E-state index in [9.17, 15) is 9.50 Å². The van der Waals surface area contributed by atoms with Crippen molar-refractivity contribution in [2.24, 2.45) is 0 Å². The van der Waals surface area contributed by atoms with Crippen LogP contribution in [0.1, 0.15) is 43.2 Å². The van der Waals surface area contributed by atoms with Gasteiger partial charge in [0.25, 0.3) is 0 Å². The van der Waals surface area contributed by atoms with E-state index in [1.807, 2.05) is 6.92 Å². The van der Waals surface area contributed by atoms with E-state index in [1.165, 1.54) is 18.6 Å². The zero-order valence-corrected chi connectivity index (χ0v) is 11.8. The highest BCUT2D eigenvalue weighted by Crippen LogP contribution is 2.35. The lowest BCUT2D eigenvalue weighted by Crippen LogP contribution is -2.47. The molecule has 2 rings (SSSR count). The van der Waals surface area contributed by atoms with Gasteiger partial charge in [-0.3, -0.25) is 0 Å². The molecule has 1 aromatic rings.